The minimum atomic E-state index is -0.563. The third-order valence-corrected chi connectivity index (χ3v) is 7.02. The second-order valence-electron chi connectivity index (χ2n) is 9.01. The highest BCUT2D eigenvalue weighted by Crippen LogP contribution is 2.36. The maximum atomic E-state index is 13.3. The molecule has 0 radical (unpaired) electrons. The standard InChI is InChI=1S/C25H24Cl3N9O4/c1-39-20-5-4-14(8-15(20)13-40-22-17(27)9-16(26)10-18(22)28)11-30-32-25(38)21-19(12-36-6-2-3-7-36)31-35-37(21)24-23(29)33-41-34-24/h4-5,8-11H,2-3,6-7,12-13H2,1H3,(H2,29,33)(H,32,38)/b30-11+. The molecular formula is C25H24Cl3N9O4. The van der Waals surface area contributed by atoms with Gasteiger partial charge in [0.25, 0.3) is 5.91 Å². The molecule has 2 aromatic carbocycles. The number of hydrazone groups is 1. The number of hydrogen-bond acceptors (Lipinski definition) is 11. The number of anilines is 1. The molecule has 0 bridgehead atoms. The molecule has 0 saturated carbocycles. The van der Waals surface area contributed by atoms with Crippen molar-refractivity contribution in [3.63, 3.8) is 0 Å². The van der Waals surface area contributed by atoms with Gasteiger partial charge in [-0.25, -0.2) is 10.1 Å². The van der Waals surface area contributed by atoms with Gasteiger partial charge in [-0.2, -0.15) is 9.78 Å². The van der Waals surface area contributed by atoms with Crippen LogP contribution in [0.5, 0.6) is 11.5 Å². The zero-order valence-corrected chi connectivity index (χ0v) is 23.9. The molecule has 0 aliphatic carbocycles. The number of halogens is 3. The highest BCUT2D eigenvalue weighted by Gasteiger charge is 2.27. The lowest BCUT2D eigenvalue weighted by Gasteiger charge is -2.13. The van der Waals surface area contributed by atoms with E-state index in [-0.39, 0.29) is 34.0 Å². The average molecular weight is 621 g/mol. The zero-order chi connectivity index (χ0) is 28.9. The molecule has 214 valence electrons. The van der Waals surface area contributed by atoms with Gasteiger partial charge in [-0.3, -0.25) is 9.69 Å². The van der Waals surface area contributed by atoms with Crippen LogP contribution in [0.3, 0.4) is 0 Å². The summed E-state index contributed by atoms with van der Waals surface area (Å²) in [6.45, 7) is 2.33. The number of nitrogens with zero attached hydrogens (tertiary/aromatic N) is 7. The number of amides is 1. The number of likely N-dealkylation sites (tertiary alicyclic amines) is 1. The van der Waals surface area contributed by atoms with Crippen molar-refractivity contribution in [3.8, 4) is 17.3 Å². The highest BCUT2D eigenvalue weighted by atomic mass is 35.5. The average Bonchev–Trinajstić information content (AvgIpc) is 3.70. The first-order chi connectivity index (χ1) is 19.8. The van der Waals surface area contributed by atoms with Gasteiger partial charge in [-0.1, -0.05) is 40.0 Å². The molecule has 1 saturated heterocycles. The van der Waals surface area contributed by atoms with Crippen LogP contribution in [0.25, 0.3) is 5.82 Å². The van der Waals surface area contributed by atoms with E-state index in [0.717, 1.165) is 25.9 Å². The number of hydrogen-bond donors (Lipinski definition) is 2. The smallest absolute Gasteiger partial charge is 0.292 e. The summed E-state index contributed by atoms with van der Waals surface area (Å²) >= 11 is 18.5. The molecule has 16 heteroatoms. The maximum Gasteiger partial charge on any atom is 0.292 e. The Labute approximate surface area is 249 Å². The molecule has 0 unspecified atom stereocenters. The van der Waals surface area contributed by atoms with E-state index in [2.05, 4.69) is 40.7 Å². The van der Waals surface area contributed by atoms with Crippen LogP contribution in [-0.4, -0.2) is 62.5 Å². The molecule has 1 aliphatic heterocycles. The van der Waals surface area contributed by atoms with Crippen LogP contribution in [0.1, 0.15) is 40.2 Å². The Morgan fingerprint density at radius 3 is 2.61 bits per heavy atom. The quantitative estimate of drug-likeness (QED) is 0.195. The minimum absolute atomic E-state index is 0.0330. The maximum absolute atomic E-state index is 13.3. The summed E-state index contributed by atoms with van der Waals surface area (Å²) in [5.74, 6) is 0.331. The topological polar surface area (TPSA) is 159 Å². The van der Waals surface area contributed by atoms with E-state index >= 15 is 0 Å². The van der Waals surface area contributed by atoms with Crippen LogP contribution >= 0.6 is 34.8 Å². The van der Waals surface area contributed by atoms with Gasteiger partial charge >= 0.3 is 0 Å². The molecule has 0 spiro atoms. The first-order valence-corrected chi connectivity index (χ1v) is 13.5. The van der Waals surface area contributed by atoms with Crippen molar-refractivity contribution in [2.24, 2.45) is 5.10 Å². The van der Waals surface area contributed by atoms with Crippen molar-refractivity contribution in [2.75, 3.05) is 25.9 Å². The largest absolute Gasteiger partial charge is 0.496 e. The van der Waals surface area contributed by atoms with E-state index < -0.39 is 5.91 Å². The molecule has 3 heterocycles. The first kappa shape index (κ1) is 28.6. The fourth-order valence-corrected chi connectivity index (χ4v) is 5.24. The van der Waals surface area contributed by atoms with Crippen molar-refractivity contribution in [3.05, 3.63) is 67.9 Å². The third kappa shape index (κ3) is 6.54. The minimum Gasteiger partial charge on any atom is -0.496 e. The van der Waals surface area contributed by atoms with Gasteiger partial charge in [0.05, 0.1) is 23.4 Å². The van der Waals surface area contributed by atoms with Gasteiger partial charge in [0.15, 0.2) is 11.4 Å². The third-order valence-electron chi connectivity index (χ3n) is 6.24. The van der Waals surface area contributed by atoms with Crippen LogP contribution < -0.4 is 20.6 Å². The molecule has 5 rings (SSSR count). The van der Waals surface area contributed by atoms with Crippen molar-refractivity contribution >= 4 is 52.7 Å². The lowest BCUT2D eigenvalue weighted by atomic mass is 10.1. The Morgan fingerprint density at radius 1 is 1.17 bits per heavy atom. The summed E-state index contributed by atoms with van der Waals surface area (Å²) in [5, 5.41) is 20.7. The number of carbonyl (C=O) groups excluding carboxylic acids is 1. The number of nitrogens with one attached hydrogen (secondary N) is 1. The Balaban J connectivity index is 1.33. The summed E-state index contributed by atoms with van der Waals surface area (Å²) in [4.78, 5) is 15.5. The number of nitrogens with two attached hydrogens (primary N) is 1. The van der Waals surface area contributed by atoms with Gasteiger partial charge < -0.3 is 15.2 Å². The Bertz CT molecular complexity index is 1560. The van der Waals surface area contributed by atoms with Crippen LogP contribution in [0.4, 0.5) is 5.82 Å². The molecule has 1 fully saturated rings. The molecular weight excluding hydrogens is 597 g/mol. The van der Waals surface area contributed by atoms with Gasteiger partial charge in [-0.15, -0.1) is 5.10 Å². The summed E-state index contributed by atoms with van der Waals surface area (Å²) in [7, 11) is 1.54. The molecule has 1 amide bonds. The second-order valence-corrected chi connectivity index (χ2v) is 10.3. The molecule has 0 atom stereocenters. The van der Waals surface area contributed by atoms with Crippen LogP contribution in [0, 0.1) is 0 Å². The Kier molecular flexibility index (Phi) is 8.88. The summed E-state index contributed by atoms with van der Waals surface area (Å²) in [6.07, 6.45) is 3.63. The number of rotatable bonds is 10. The molecule has 41 heavy (non-hydrogen) atoms. The second kappa shape index (κ2) is 12.7. The van der Waals surface area contributed by atoms with Crippen molar-refractivity contribution in [1.29, 1.82) is 0 Å². The van der Waals surface area contributed by atoms with Gasteiger partial charge in [-0.05, 0) is 72.1 Å². The highest BCUT2D eigenvalue weighted by molar-refractivity contribution is 6.40. The van der Waals surface area contributed by atoms with E-state index in [1.807, 2.05) is 0 Å². The van der Waals surface area contributed by atoms with E-state index in [0.29, 0.717) is 39.9 Å². The van der Waals surface area contributed by atoms with Crippen LogP contribution in [0.15, 0.2) is 40.1 Å². The summed E-state index contributed by atoms with van der Waals surface area (Å²) < 4.78 is 17.2. The summed E-state index contributed by atoms with van der Waals surface area (Å²) in [6, 6.07) is 8.39. The van der Waals surface area contributed by atoms with E-state index in [1.165, 1.54) is 10.9 Å². The SMILES string of the molecule is COc1ccc(/C=N/NC(=O)c2c(CN3CCCC3)nnn2-c2nonc2N)cc1COc1c(Cl)cc(Cl)cc1Cl. The normalized spacial score (nSPS) is 13.7. The number of carbonyl (C=O) groups is 1. The van der Waals surface area contributed by atoms with E-state index in [9.17, 15) is 4.79 Å². The number of aromatic nitrogens is 5. The monoisotopic (exact) mass is 619 g/mol. The van der Waals surface area contributed by atoms with Crippen molar-refractivity contribution in [1.82, 2.24) is 35.6 Å². The lowest BCUT2D eigenvalue weighted by molar-refractivity contribution is 0.0945. The van der Waals surface area contributed by atoms with Crippen molar-refractivity contribution in [2.45, 2.75) is 26.0 Å². The molecule has 2 aromatic heterocycles. The number of nitrogen functional groups attached to an aromatic ring is 1. The van der Waals surface area contributed by atoms with Gasteiger partial charge in [0.2, 0.25) is 11.6 Å². The molecule has 4 aromatic rings. The number of ether oxygens (including phenoxy) is 2. The number of benzene rings is 2. The van der Waals surface area contributed by atoms with E-state index in [1.54, 1.807) is 37.4 Å². The first-order valence-electron chi connectivity index (χ1n) is 12.4. The van der Waals surface area contributed by atoms with Gasteiger partial charge in [0, 0.05) is 17.1 Å². The van der Waals surface area contributed by atoms with Crippen LogP contribution in [-0.2, 0) is 13.2 Å². The Morgan fingerprint density at radius 2 is 1.93 bits per heavy atom. The van der Waals surface area contributed by atoms with Crippen LogP contribution in [0.2, 0.25) is 15.1 Å². The molecule has 3 N–H and O–H groups in total. The fraction of sp³-hybridized carbons (Fsp3) is 0.280. The predicted molar refractivity (Wildman–Crippen MR) is 152 cm³/mol. The van der Waals surface area contributed by atoms with Crippen molar-refractivity contribution < 1.29 is 18.9 Å². The molecule has 13 nitrogen and oxygen atoms in total. The predicted octanol–water partition coefficient (Wildman–Crippen LogP) is 4.14. The van der Waals surface area contributed by atoms with Gasteiger partial charge in [0.1, 0.15) is 18.1 Å². The fourth-order valence-electron chi connectivity index (χ4n) is 4.31. The summed E-state index contributed by atoms with van der Waals surface area (Å²) in [5.41, 5.74) is 10.3. The lowest BCUT2D eigenvalue weighted by Crippen LogP contribution is -2.26. The number of methoxy groups -OCH3 is 1. The Hall–Kier alpha value is -3.91. The van der Waals surface area contributed by atoms with E-state index in [4.69, 9.17) is 50.0 Å². The molecule has 1 aliphatic rings. The zero-order valence-electron chi connectivity index (χ0n) is 21.7.